The summed E-state index contributed by atoms with van der Waals surface area (Å²) in [6.07, 6.45) is 1.64. The quantitative estimate of drug-likeness (QED) is 0.609. The van der Waals surface area contributed by atoms with Gasteiger partial charge in [0.05, 0.1) is 11.3 Å². The SMILES string of the molecule is CC1=NOC(=O)C1=Cc1ccc(-c2ccccc2)o1. The molecule has 0 N–H and O–H groups in total. The Labute approximate surface area is 110 Å². The van der Waals surface area contributed by atoms with Crippen molar-refractivity contribution < 1.29 is 14.0 Å². The number of nitrogens with zero attached hydrogens (tertiary/aromatic N) is 1. The zero-order valence-electron chi connectivity index (χ0n) is 10.3. The highest BCUT2D eigenvalue weighted by Crippen LogP contribution is 2.24. The third kappa shape index (κ3) is 2.20. The molecule has 0 unspecified atom stereocenters. The maximum absolute atomic E-state index is 11.4. The third-order valence-corrected chi connectivity index (χ3v) is 2.85. The van der Waals surface area contributed by atoms with Gasteiger partial charge < -0.3 is 9.25 Å². The number of hydrogen-bond donors (Lipinski definition) is 0. The van der Waals surface area contributed by atoms with Crippen molar-refractivity contribution in [3.63, 3.8) is 0 Å². The number of benzene rings is 1. The fraction of sp³-hybridized carbons (Fsp3) is 0.0667. The molecule has 0 fully saturated rings. The van der Waals surface area contributed by atoms with Crippen molar-refractivity contribution in [2.45, 2.75) is 6.92 Å². The first kappa shape index (κ1) is 11.5. The minimum absolute atomic E-state index is 0.425. The normalized spacial score (nSPS) is 16.6. The third-order valence-electron chi connectivity index (χ3n) is 2.85. The predicted molar refractivity (Wildman–Crippen MR) is 71.3 cm³/mol. The molecule has 0 saturated carbocycles. The van der Waals surface area contributed by atoms with E-state index in [-0.39, 0.29) is 0 Å². The van der Waals surface area contributed by atoms with E-state index in [4.69, 9.17) is 4.42 Å². The van der Waals surface area contributed by atoms with E-state index in [9.17, 15) is 4.79 Å². The Kier molecular flexibility index (Phi) is 2.76. The van der Waals surface area contributed by atoms with Gasteiger partial charge in [0.25, 0.3) is 0 Å². The molecule has 94 valence electrons. The fourth-order valence-electron chi connectivity index (χ4n) is 1.85. The number of oxime groups is 1. The number of hydrogen-bond acceptors (Lipinski definition) is 4. The van der Waals surface area contributed by atoms with E-state index in [0.717, 1.165) is 11.3 Å². The van der Waals surface area contributed by atoms with Gasteiger partial charge in [0.15, 0.2) is 0 Å². The van der Waals surface area contributed by atoms with Crippen molar-refractivity contribution in [3.05, 3.63) is 53.8 Å². The average Bonchev–Trinajstić information content (AvgIpc) is 3.02. The lowest BCUT2D eigenvalue weighted by molar-refractivity contribution is -0.136. The van der Waals surface area contributed by atoms with Crippen LogP contribution in [0.4, 0.5) is 0 Å². The van der Waals surface area contributed by atoms with Crippen LogP contribution in [0.5, 0.6) is 0 Å². The Morgan fingerprint density at radius 2 is 1.89 bits per heavy atom. The van der Waals surface area contributed by atoms with Crippen molar-refractivity contribution in [1.29, 1.82) is 0 Å². The molecule has 1 aliphatic rings. The zero-order valence-corrected chi connectivity index (χ0v) is 10.3. The Hall–Kier alpha value is -2.62. The second kappa shape index (κ2) is 4.57. The predicted octanol–water partition coefficient (Wildman–Crippen LogP) is 3.26. The van der Waals surface area contributed by atoms with Crippen molar-refractivity contribution in [2.24, 2.45) is 5.16 Å². The van der Waals surface area contributed by atoms with Crippen LogP contribution in [0.3, 0.4) is 0 Å². The highest BCUT2D eigenvalue weighted by molar-refractivity contribution is 6.24. The van der Waals surface area contributed by atoms with Gasteiger partial charge in [-0.05, 0) is 25.1 Å². The van der Waals surface area contributed by atoms with Gasteiger partial charge in [-0.3, -0.25) is 0 Å². The number of furan rings is 1. The molecular formula is C15H11NO3. The van der Waals surface area contributed by atoms with Crippen LogP contribution >= 0.6 is 0 Å². The summed E-state index contributed by atoms with van der Waals surface area (Å²) in [7, 11) is 0. The maximum Gasteiger partial charge on any atom is 0.367 e. The van der Waals surface area contributed by atoms with Crippen molar-refractivity contribution in [3.8, 4) is 11.3 Å². The Balaban J connectivity index is 1.93. The highest BCUT2D eigenvalue weighted by atomic mass is 16.7. The molecule has 3 rings (SSSR count). The molecule has 4 heteroatoms. The molecule has 0 spiro atoms. The Morgan fingerprint density at radius 1 is 1.11 bits per heavy atom. The van der Waals surface area contributed by atoms with Crippen LogP contribution in [0.2, 0.25) is 0 Å². The molecule has 19 heavy (non-hydrogen) atoms. The number of carbonyl (C=O) groups excluding carboxylic acids is 1. The fourth-order valence-corrected chi connectivity index (χ4v) is 1.85. The van der Waals surface area contributed by atoms with Gasteiger partial charge in [0, 0.05) is 5.56 Å². The van der Waals surface area contributed by atoms with E-state index >= 15 is 0 Å². The minimum Gasteiger partial charge on any atom is -0.457 e. The van der Waals surface area contributed by atoms with Gasteiger partial charge >= 0.3 is 5.97 Å². The second-order valence-electron chi connectivity index (χ2n) is 4.18. The molecule has 1 aliphatic heterocycles. The monoisotopic (exact) mass is 253 g/mol. The van der Waals surface area contributed by atoms with Crippen molar-refractivity contribution in [2.75, 3.05) is 0 Å². The van der Waals surface area contributed by atoms with E-state index in [0.29, 0.717) is 17.0 Å². The van der Waals surface area contributed by atoms with Gasteiger partial charge in [-0.25, -0.2) is 4.79 Å². The lowest BCUT2D eigenvalue weighted by atomic mass is 10.1. The molecule has 4 nitrogen and oxygen atoms in total. The van der Waals surface area contributed by atoms with Gasteiger partial charge in [0.2, 0.25) is 0 Å². The summed E-state index contributed by atoms with van der Waals surface area (Å²) in [5.74, 6) is 0.908. The molecule has 0 radical (unpaired) electrons. The lowest BCUT2D eigenvalue weighted by Gasteiger charge is -1.95. The van der Waals surface area contributed by atoms with E-state index in [1.807, 2.05) is 42.5 Å². The highest BCUT2D eigenvalue weighted by Gasteiger charge is 2.22. The van der Waals surface area contributed by atoms with E-state index in [1.54, 1.807) is 13.0 Å². The second-order valence-corrected chi connectivity index (χ2v) is 4.18. The number of rotatable bonds is 2. The van der Waals surface area contributed by atoms with E-state index in [2.05, 4.69) is 9.99 Å². The summed E-state index contributed by atoms with van der Waals surface area (Å²) in [5.41, 5.74) is 1.98. The van der Waals surface area contributed by atoms with Gasteiger partial charge in [-0.2, -0.15) is 0 Å². The Morgan fingerprint density at radius 3 is 2.58 bits per heavy atom. The molecule has 1 aromatic carbocycles. The van der Waals surface area contributed by atoms with Gasteiger partial charge in [-0.15, -0.1) is 0 Å². The van der Waals surface area contributed by atoms with Crippen LogP contribution in [0, 0.1) is 0 Å². The zero-order chi connectivity index (χ0) is 13.2. The van der Waals surface area contributed by atoms with E-state index < -0.39 is 5.97 Å². The Bertz CT molecular complexity index is 680. The summed E-state index contributed by atoms with van der Waals surface area (Å²) in [4.78, 5) is 16.0. The van der Waals surface area contributed by atoms with Crippen LogP contribution in [-0.2, 0) is 9.63 Å². The van der Waals surface area contributed by atoms with Gasteiger partial charge in [-0.1, -0.05) is 35.5 Å². The summed E-state index contributed by atoms with van der Waals surface area (Å²) in [5, 5.41) is 3.62. The standard InChI is InChI=1S/C15H11NO3/c1-10-13(15(17)19-16-10)9-12-7-8-14(18-12)11-5-3-2-4-6-11/h2-9H,1H3. The first-order valence-electron chi connectivity index (χ1n) is 5.87. The first-order chi connectivity index (χ1) is 9.24. The molecule has 1 aromatic heterocycles. The number of carbonyl (C=O) groups is 1. The summed E-state index contributed by atoms with van der Waals surface area (Å²) in [6, 6.07) is 13.5. The molecule has 2 heterocycles. The largest absolute Gasteiger partial charge is 0.457 e. The van der Waals surface area contributed by atoms with Gasteiger partial charge in [0.1, 0.15) is 11.5 Å². The molecular weight excluding hydrogens is 242 g/mol. The average molecular weight is 253 g/mol. The summed E-state index contributed by atoms with van der Waals surface area (Å²) >= 11 is 0. The van der Waals surface area contributed by atoms with Crippen molar-refractivity contribution >= 4 is 17.8 Å². The molecule has 0 aliphatic carbocycles. The van der Waals surface area contributed by atoms with Crippen LogP contribution < -0.4 is 0 Å². The molecule has 0 amide bonds. The molecule has 0 atom stereocenters. The summed E-state index contributed by atoms with van der Waals surface area (Å²) in [6.45, 7) is 1.72. The van der Waals surface area contributed by atoms with Crippen LogP contribution in [0.1, 0.15) is 12.7 Å². The first-order valence-corrected chi connectivity index (χ1v) is 5.87. The summed E-state index contributed by atoms with van der Waals surface area (Å²) < 4.78 is 5.69. The molecule has 0 bridgehead atoms. The lowest BCUT2D eigenvalue weighted by Crippen LogP contribution is -2.01. The maximum atomic E-state index is 11.4. The minimum atomic E-state index is -0.449. The van der Waals surface area contributed by atoms with Crippen LogP contribution in [-0.4, -0.2) is 11.7 Å². The van der Waals surface area contributed by atoms with Crippen LogP contribution in [0.25, 0.3) is 17.4 Å². The topological polar surface area (TPSA) is 51.8 Å². The van der Waals surface area contributed by atoms with E-state index in [1.165, 1.54) is 0 Å². The van der Waals surface area contributed by atoms with Crippen molar-refractivity contribution in [1.82, 2.24) is 0 Å². The molecule has 0 saturated heterocycles. The van der Waals surface area contributed by atoms with Crippen LogP contribution in [0.15, 0.2) is 57.6 Å². The molecule has 2 aromatic rings. The smallest absolute Gasteiger partial charge is 0.367 e.